The summed E-state index contributed by atoms with van der Waals surface area (Å²) in [5.74, 6) is 0.552. The first-order chi connectivity index (χ1) is 26.3. The van der Waals surface area contributed by atoms with Crippen molar-refractivity contribution in [1.82, 2.24) is 4.98 Å². The minimum Gasteiger partial charge on any atom is -0.454 e. The molecule has 2 heterocycles. The number of hydrogen-bond acceptors (Lipinski definition) is 4. The van der Waals surface area contributed by atoms with E-state index in [0.717, 1.165) is 66.8 Å². The zero-order valence-corrected chi connectivity index (χ0v) is 28.7. The van der Waals surface area contributed by atoms with Gasteiger partial charge in [0.15, 0.2) is 11.2 Å². The molecule has 0 aliphatic heterocycles. The molecule has 0 atom stereocenters. The van der Waals surface area contributed by atoms with E-state index >= 15 is 0 Å². The Balaban J connectivity index is 1.19. The monoisotopic (exact) mass is 680 g/mol. The number of para-hydroxylation sites is 1. The Bertz CT molecular complexity index is 2760. The van der Waals surface area contributed by atoms with E-state index in [2.05, 4.69) is 163 Å². The highest BCUT2D eigenvalue weighted by atomic mass is 16.4. The first kappa shape index (κ1) is 30.6. The third-order valence-corrected chi connectivity index (χ3v) is 9.93. The molecule has 53 heavy (non-hydrogen) atoms. The van der Waals surface area contributed by atoms with Crippen LogP contribution < -0.4 is 4.90 Å². The number of fused-ring (bicyclic) bond motifs is 4. The zero-order valence-electron chi connectivity index (χ0n) is 28.7. The zero-order chi connectivity index (χ0) is 35.1. The lowest BCUT2D eigenvalue weighted by atomic mass is 10.0. The van der Waals surface area contributed by atoms with Gasteiger partial charge in [-0.25, -0.2) is 4.98 Å². The molecule has 0 N–H and O–H groups in total. The van der Waals surface area contributed by atoms with Gasteiger partial charge >= 0.3 is 0 Å². The van der Waals surface area contributed by atoms with Gasteiger partial charge in [-0.05, 0) is 81.9 Å². The molecule has 0 saturated carbocycles. The summed E-state index contributed by atoms with van der Waals surface area (Å²) in [7, 11) is 0. The number of oxazole rings is 1. The van der Waals surface area contributed by atoms with Gasteiger partial charge in [-0.1, -0.05) is 146 Å². The van der Waals surface area contributed by atoms with E-state index in [1.807, 2.05) is 36.4 Å². The van der Waals surface area contributed by atoms with E-state index in [1.54, 1.807) is 0 Å². The van der Waals surface area contributed by atoms with Crippen molar-refractivity contribution >= 4 is 50.1 Å². The van der Waals surface area contributed by atoms with Crippen molar-refractivity contribution in [2.75, 3.05) is 4.90 Å². The minimum atomic E-state index is 0.552. The van der Waals surface area contributed by atoms with Crippen LogP contribution in [0.2, 0.25) is 0 Å². The van der Waals surface area contributed by atoms with Gasteiger partial charge in [-0.2, -0.15) is 0 Å². The van der Waals surface area contributed by atoms with Gasteiger partial charge in [0.2, 0.25) is 5.89 Å². The van der Waals surface area contributed by atoms with Crippen LogP contribution in [-0.4, -0.2) is 4.98 Å². The van der Waals surface area contributed by atoms with Crippen LogP contribution in [-0.2, 0) is 0 Å². The Morgan fingerprint density at radius 2 is 0.792 bits per heavy atom. The predicted octanol–water partition coefficient (Wildman–Crippen LogP) is 13.9. The summed E-state index contributed by atoms with van der Waals surface area (Å²) >= 11 is 0. The second-order valence-electron chi connectivity index (χ2n) is 13.2. The maximum absolute atomic E-state index is 6.76. The number of benzene rings is 8. The van der Waals surface area contributed by atoms with Crippen LogP contribution in [0.1, 0.15) is 0 Å². The Hall–Kier alpha value is -7.17. The summed E-state index contributed by atoms with van der Waals surface area (Å²) in [6.45, 7) is 0. The lowest BCUT2D eigenvalue weighted by Gasteiger charge is -2.26. The van der Waals surface area contributed by atoms with Crippen molar-refractivity contribution in [3.8, 4) is 44.8 Å². The van der Waals surface area contributed by atoms with E-state index in [-0.39, 0.29) is 0 Å². The lowest BCUT2D eigenvalue weighted by molar-refractivity contribution is 0.620. The third-order valence-electron chi connectivity index (χ3n) is 9.93. The quantitative estimate of drug-likeness (QED) is 0.168. The molecule has 8 aromatic carbocycles. The number of nitrogens with zero attached hydrogens (tertiary/aromatic N) is 2. The molecule has 2 aromatic heterocycles. The van der Waals surface area contributed by atoms with Crippen LogP contribution in [0, 0.1) is 0 Å². The summed E-state index contributed by atoms with van der Waals surface area (Å²) in [5, 5.41) is 1.99. The Labute approximate surface area is 306 Å². The molecular weight excluding hydrogens is 649 g/mol. The van der Waals surface area contributed by atoms with Crippen LogP contribution in [0.3, 0.4) is 0 Å². The highest BCUT2D eigenvalue weighted by Crippen LogP contribution is 2.47. The first-order valence-corrected chi connectivity index (χ1v) is 17.8. The van der Waals surface area contributed by atoms with Gasteiger partial charge in [0.05, 0.1) is 0 Å². The van der Waals surface area contributed by atoms with Crippen LogP contribution in [0.5, 0.6) is 0 Å². The van der Waals surface area contributed by atoms with E-state index < -0.39 is 0 Å². The standard InChI is InChI=1S/C49H32N2O2/c1-4-12-33(13-5-1)36-20-22-39(23-21-36)49-50-46-45(53-49)32-43-42-18-10-11-19-44(42)52-48(43)47(46)51(40-28-24-37(25-29-40)34-14-6-2-7-15-34)41-30-26-38(27-31-41)35-16-8-3-9-17-35/h1-32H. The van der Waals surface area contributed by atoms with Crippen molar-refractivity contribution in [1.29, 1.82) is 0 Å². The molecule has 0 radical (unpaired) electrons. The molecule has 4 heteroatoms. The molecule has 0 aliphatic carbocycles. The normalized spacial score (nSPS) is 11.4. The molecule has 0 fully saturated rings. The maximum Gasteiger partial charge on any atom is 0.227 e. The molecule has 4 nitrogen and oxygen atoms in total. The fourth-order valence-electron chi connectivity index (χ4n) is 7.26. The second-order valence-corrected chi connectivity index (χ2v) is 13.2. The Kier molecular flexibility index (Phi) is 7.43. The highest BCUT2D eigenvalue weighted by molar-refractivity contribution is 6.17. The van der Waals surface area contributed by atoms with Crippen molar-refractivity contribution in [2.24, 2.45) is 0 Å². The van der Waals surface area contributed by atoms with Gasteiger partial charge in [-0.15, -0.1) is 0 Å². The first-order valence-electron chi connectivity index (χ1n) is 17.8. The maximum atomic E-state index is 6.76. The van der Waals surface area contributed by atoms with Crippen LogP contribution in [0.15, 0.2) is 203 Å². The second kappa shape index (κ2) is 12.9. The predicted molar refractivity (Wildman–Crippen MR) is 218 cm³/mol. The van der Waals surface area contributed by atoms with Gasteiger partial charge in [-0.3, -0.25) is 0 Å². The number of hydrogen-bond donors (Lipinski definition) is 0. The third kappa shape index (κ3) is 5.54. The smallest absolute Gasteiger partial charge is 0.227 e. The Morgan fingerprint density at radius 3 is 1.32 bits per heavy atom. The van der Waals surface area contributed by atoms with Gasteiger partial charge in [0.25, 0.3) is 0 Å². The molecule has 250 valence electrons. The van der Waals surface area contributed by atoms with Crippen molar-refractivity contribution in [2.45, 2.75) is 0 Å². The SMILES string of the molecule is c1ccc(-c2ccc(-c3nc4c(N(c5ccc(-c6ccccc6)cc5)c5ccc(-c6ccccc6)cc5)c5oc6ccccc6c5cc4o3)cc2)cc1. The van der Waals surface area contributed by atoms with Gasteiger partial charge in [0, 0.05) is 27.7 Å². The summed E-state index contributed by atoms with van der Waals surface area (Å²) in [4.78, 5) is 7.49. The molecule has 0 aliphatic rings. The average molecular weight is 681 g/mol. The summed E-state index contributed by atoms with van der Waals surface area (Å²) < 4.78 is 13.4. The van der Waals surface area contributed by atoms with Crippen LogP contribution in [0.25, 0.3) is 77.9 Å². The average Bonchev–Trinajstić information content (AvgIpc) is 3.84. The topological polar surface area (TPSA) is 42.4 Å². The van der Waals surface area contributed by atoms with Crippen LogP contribution in [0.4, 0.5) is 17.1 Å². The van der Waals surface area contributed by atoms with E-state index in [1.165, 1.54) is 16.7 Å². The summed E-state index contributed by atoms with van der Waals surface area (Å²) in [6, 6.07) is 67.3. The van der Waals surface area contributed by atoms with E-state index in [0.29, 0.717) is 11.5 Å². The van der Waals surface area contributed by atoms with Crippen molar-refractivity contribution in [3.05, 3.63) is 194 Å². The van der Waals surface area contributed by atoms with E-state index in [9.17, 15) is 0 Å². The molecule has 0 amide bonds. The molecular formula is C49H32N2O2. The fraction of sp³-hybridized carbons (Fsp3) is 0. The molecule has 0 unspecified atom stereocenters. The largest absolute Gasteiger partial charge is 0.454 e. The molecule has 0 bridgehead atoms. The number of furan rings is 1. The van der Waals surface area contributed by atoms with Crippen molar-refractivity contribution < 1.29 is 8.83 Å². The minimum absolute atomic E-state index is 0.552. The molecule has 0 saturated heterocycles. The van der Waals surface area contributed by atoms with Gasteiger partial charge in [0.1, 0.15) is 16.8 Å². The number of aromatic nitrogens is 1. The van der Waals surface area contributed by atoms with E-state index in [4.69, 9.17) is 13.8 Å². The van der Waals surface area contributed by atoms with Crippen molar-refractivity contribution in [3.63, 3.8) is 0 Å². The Morgan fingerprint density at radius 1 is 0.358 bits per heavy atom. The summed E-state index contributed by atoms with van der Waals surface area (Å²) in [6.07, 6.45) is 0. The number of rotatable bonds is 7. The fourth-order valence-corrected chi connectivity index (χ4v) is 7.26. The highest BCUT2D eigenvalue weighted by Gasteiger charge is 2.26. The summed E-state index contributed by atoms with van der Waals surface area (Å²) in [5.41, 5.74) is 13.6. The van der Waals surface area contributed by atoms with Crippen LogP contribution >= 0.6 is 0 Å². The van der Waals surface area contributed by atoms with Gasteiger partial charge < -0.3 is 13.7 Å². The molecule has 10 aromatic rings. The molecule has 10 rings (SSSR count). The molecule has 0 spiro atoms. The number of anilines is 3. The lowest BCUT2D eigenvalue weighted by Crippen LogP contribution is -2.11.